The van der Waals surface area contributed by atoms with Crippen molar-refractivity contribution in [3.8, 4) is 0 Å². The summed E-state index contributed by atoms with van der Waals surface area (Å²) >= 11 is 0. The SMILES string of the molecule is COC(=O)c1c(C)[nH]c(C(=O)OCc2ccccc2C)c1C. The third kappa shape index (κ3) is 3.03. The number of aromatic nitrogens is 1. The lowest BCUT2D eigenvalue weighted by atomic mass is 10.1. The van der Waals surface area contributed by atoms with E-state index in [1.807, 2.05) is 31.2 Å². The maximum Gasteiger partial charge on any atom is 0.355 e. The number of ether oxygens (including phenoxy) is 2. The molecular weight excluding hydrogens is 282 g/mol. The molecule has 0 aliphatic carbocycles. The van der Waals surface area contributed by atoms with Gasteiger partial charge in [-0.2, -0.15) is 0 Å². The topological polar surface area (TPSA) is 68.4 Å². The fourth-order valence-corrected chi connectivity index (χ4v) is 2.35. The average molecular weight is 301 g/mol. The highest BCUT2D eigenvalue weighted by Gasteiger charge is 2.23. The van der Waals surface area contributed by atoms with Crippen LogP contribution in [0.4, 0.5) is 0 Å². The number of H-pyrrole nitrogens is 1. The third-order valence-electron chi connectivity index (χ3n) is 3.65. The number of esters is 2. The standard InChI is InChI=1S/C17H19NO4/c1-10-7-5-6-8-13(10)9-22-17(20)15-11(2)14(12(3)18-15)16(19)21-4/h5-8,18H,9H2,1-4H3. The first-order valence-electron chi connectivity index (χ1n) is 6.94. The molecule has 1 heterocycles. The zero-order chi connectivity index (χ0) is 16.3. The van der Waals surface area contributed by atoms with Crippen molar-refractivity contribution >= 4 is 11.9 Å². The highest BCUT2D eigenvalue weighted by Crippen LogP contribution is 2.20. The van der Waals surface area contributed by atoms with Crippen LogP contribution in [0.5, 0.6) is 0 Å². The van der Waals surface area contributed by atoms with E-state index in [0.717, 1.165) is 11.1 Å². The summed E-state index contributed by atoms with van der Waals surface area (Å²) in [4.78, 5) is 26.8. The molecule has 0 unspecified atom stereocenters. The largest absolute Gasteiger partial charge is 0.465 e. The number of methoxy groups -OCH3 is 1. The van der Waals surface area contributed by atoms with Crippen molar-refractivity contribution in [2.75, 3.05) is 7.11 Å². The molecule has 0 bridgehead atoms. The van der Waals surface area contributed by atoms with Crippen LogP contribution in [0.25, 0.3) is 0 Å². The Bertz CT molecular complexity index is 715. The maximum absolute atomic E-state index is 12.2. The van der Waals surface area contributed by atoms with Gasteiger partial charge >= 0.3 is 11.9 Å². The van der Waals surface area contributed by atoms with Crippen molar-refractivity contribution in [2.24, 2.45) is 0 Å². The molecule has 0 saturated heterocycles. The van der Waals surface area contributed by atoms with Gasteiger partial charge in [0.05, 0.1) is 12.7 Å². The first-order valence-corrected chi connectivity index (χ1v) is 6.94. The van der Waals surface area contributed by atoms with E-state index in [4.69, 9.17) is 9.47 Å². The summed E-state index contributed by atoms with van der Waals surface area (Å²) in [7, 11) is 1.31. The Hall–Kier alpha value is -2.56. The highest BCUT2D eigenvalue weighted by atomic mass is 16.5. The van der Waals surface area contributed by atoms with Crippen molar-refractivity contribution in [2.45, 2.75) is 27.4 Å². The lowest BCUT2D eigenvalue weighted by molar-refractivity contribution is 0.0465. The fraction of sp³-hybridized carbons (Fsp3) is 0.294. The molecule has 0 aliphatic rings. The number of benzene rings is 1. The predicted octanol–water partition coefficient (Wildman–Crippen LogP) is 3.08. The van der Waals surface area contributed by atoms with Crippen molar-refractivity contribution < 1.29 is 19.1 Å². The molecule has 1 aromatic heterocycles. The van der Waals surface area contributed by atoms with Crippen LogP contribution in [0.15, 0.2) is 24.3 Å². The molecule has 0 aliphatic heterocycles. The smallest absolute Gasteiger partial charge is 0.355 e. The van der Waals surface area contributed by atoms with Crippen LogP contribution in [0.3, 0.4) is 0 Å². The van der Waals surface area contributed by atoms with E-state index in [9.17, 15) is 9.59 Å². The third-order valence-corrected chi connectivity index (χ3v) is 3.65. The second-order valence-corrected chi connectivity index (χ2v) is 5.12. The van der Waals surface area contributed by atoms with Gasteiger partial charge in [0.15, 0.2) is 0 Å². The number of nitrogens with one attached hydrogen (secondary N) is 1. The zero-order valence-corrected chi connectivity index (χ0v) is 13.1. The Morgan fingerprint density at radius 1 is 1.09 bits per heavy atom. The Labute approximate surface area is 129 Å². The van der Waals surface area contributed by atoms with Crippen LogP contribution in [0, 0.1) is 20.8 Å². The maximum atomic E-state index is 12.2. The summed E-state index contributed by atoms with van der Waals surface area (Å²) in [6, 6.07) is 7.70. The summed E-state index contributed by atoms with van der Waals surface area (Å²) < 4.78 is 10.1. The molecule has 0 amide bonds. The molecule has 0 radical (unpaired) electrons. The Morgan fingerprint density at radius 2 is 1.77 bits per heavy atom. The number of carbonyl (C=O) groups excluding carboxylic acids is 2. The zero-order valence-electron chi connectivity index (χ0n) is 13.1. The lowest BCUT2D eigenvalue weighted by Gasteiger charge is -2.07. The summed E-state index contributed by atoms with van der Waals surface area (Å²) in [6.07, 6.45) is 0. The monoisotopic (exact) mass is 301 g/mol. The van der Waals surface area contributed by atoms with Crippen molar-refractivity contribution in [3.05, 3.63) is 57.9 Å². The van der Waals surface area contributed by atoms with Crippen LogP contribution in [0.2, 0.25) is 0 Å². The van der Waals surface area contributed by atoms with Crippen LogP contribution < -0.4 is 0 Å². The van der Waals surface area contributed by atoms with Gasteiger partial charge in [-0.3, -0.25) is 0 Å². The van der Waals surface area contributed by atoms with E-state index >= 15 is 0 Å². The molecule has 5 heteroatoms. The summed E-state index contributed by atoms with van der Waals surface area (Å²) in [5, 5.41) is 0. The molecule has 0 saturated carbocycles. The molecule has 22 heavy (non-hydrogen) atoms. The van der Waals surface area contributed by atoms with Gasteiger partial charge in [-0.05, 0) is 37.5 Å². The molecule has 5 nitrogen and oxygen atoms in total. The number of aryl methyl sites for hydroxylation is 2. The molecule has 2 rings (SSSR count). The quantitative estimate of drug-likeness (QED) is 0.881. The van der Waals surface area contributed by atoms with Crippen molar-refractivity contribution in [1.29, 1.82) is 0 Å². The predicted molar refractivity (Wildman–Crippen MR) is 81.9 cm³/mol. The molecule has 0 atom stereocenters. The number of hydrogen-bond acceptors (Lipinski definition) is 4. The Morgan fingerprint density at radius 3 is 2.41 bits per heavy atom. The van der Waals surface area contributed by atoms with Crippen LogP contribution in [-0.4, -0.2) is 24.0 Å². The molecule has 1 aromatic carbocycles. The van der Waals surface area contributed by atoms with Gasteiger partial charge in [0, 0.05) is 5.69 Å². The number of carbonyl (C=O) groups is 2. The van der Waals surface area contributed by atoms with Gasteiger partial charge in [0.1, 0.15) is 12.3 Å². The van der Waals surface area contributed by atoms with E-state index in [2.05, 4.69) is 4.98 Å². The van der Waals surface area contributed by atoms with E-state index < -0.39 is 11.9 Å². The van der Waals surface area contributed by atoms with Crippen LogP contribution in [0.1, 0.15) is 43.2 Å². The van der Waals surface area contributed by atoms with Crippen molar-refractivity contribution in [1.82, 2.24) is 4.98 Å². The van der Waals surface area contributed by atoms with Crippen LogP contribution in [-0.2, 0) is 16.1 Å². The number of aromatic amines is 1. The van der Waals surface area contributed by atoms with E-state index in [0.29, 0.717) is 16.8 Å². The van der Waals surface area contributed by atoms with Gasteiger partial charge in [-0.25, -0.2) is 9.59 Å². The normalized spacial score (nSPS) is 10.4. The molecule has 0 fully saturated rings. The Balaban J connectivity index is 2.17. The minimum Gasteiger partial charge on any atom is -0.465 e. The molecule has 116 valence electrons. The van der Waals surface area contributed by atoms with Crippen molar-refractivity contribution in [3.63, 3.8) is 0 Å². The fourth-order valence-electron chi connectivity index (χ4n) is 2.35. The second-order valence-electron chi connectivity index (χ2n) is 5.12. The van der Waals surface area contributed by atoms with Gasteiger partial charge in [0.2, 0.25) is 0 Å². The highest BCUT2D eigenvalue weighted by molar-refractivity contribution is 5.98. The molecule has 0 spiro atoms. The second kappa shape index (κ2) is 6.47. The lowest BCUT2D eigenvalue weighted by Crippen LogP contribution is -2.09. The average Bonchev–Trinajstić information content (AvgIpc) is 2.80. The molecule has 1 N–H and O–H groups in total. The first-order chi connectivity index (χ1) is 10.5. The van der Waals surface area contributed by atoms with E-state index in [1.165, 1.54) is 7.11 Å². The summed E-state index contributed by atoms with van der Waals surface area (Å²) in [6.45, 7) is 5.57. The molecule has 2 aromatic rings. The van der Waals surface area contributed by atoms with Gasteiger partial charge in [-0.15, -0.1) is 0 Å². The number of hydrogen-bond donors (Lipinski definition) is 1. The minimum atomic E-state index is -0.487. The van der Waals surface area contributed by atoms with E-state index in [1.54, 1.807) is 13.8 Å². The van der Waals surface area contributed by atoms with E-state index in [-0.39, 0.29) is 12.3 Å². The summed E-state index contributed by atoms with van der Waals surface area (Å²) in [5.74, 6) is -0.955. The minimum absolute atomic E-state index is 0.191. The van der Waals surface area contributed by atoms with Gasteiger partial charge in [0.25, 0.3) is 0 Å². The first kappa shape index (κ1) is 15.8. The van der Waals surface area contributed by atoms with Gasteiger partial charge < -0.3 is 14.5 Å². The Kier molecular flexibility index (Phi) is 4.65. The summed E-state index contributed by atoms with van der Waals surface area (Å²) in [5.41, 5.74) is 3.80. The van der Waals surface area contributed by atoms with Crippen LogP contribution >= 0.6 is 0 Å². The number of rotatable bonds is 4. The molecular formula is C17H19NO4. The van der Waals surface area contributed by atoms with Gasteiger partial charge in [-0.1, -0.05) is 24.3 Å².